The van der Waals surface area contributed by atoms with Crippen LogP contribution in [0.2, 0.25) is 0 Å². The Morgan fingerprint density at radius 2 is 2.36 bits per heavy atom. The van der Waals surface area contributed by atoms with E-state index in [2.05, 4.69) is 22.0 Å². The first kappa shape index (κ1) is 11.7. The van der Waals surface area contributed by atoms with Gasteiger partial charge in [0.05, 0.1) is 5.56 Å². The van der Waals surface area contributed by atoms with Gasteiger partial charge in [-0.15, -0.1) is 0 Å². The molecule has 0 aliphatic heterocycles. The number of phenolic OH excluding ortho intramolecular Hbond substituents is 1. The van der Waals surface area contributed by atoms with E-state index in [4.69, 9.17) is 4.52 Å². The molecule has 76 valence electrons. The van der Waals surface area contributed by atoms with Gasteiger partial charge >= 0.3 is 0 Å². The summed E-state index contributed by atoms with van der Waals surface area (Å²) in [4.78, 5) is 10.7. The second-order valence-corrected chi connectivity index (χ2v) is 4.35. The van der Waals surface area contributed by atoms with Crippen LogP contribution in [0.25, 0.3) is 0 Å². The molecule has 0 radical (unpaired) electrons. The van der Waals surface area contributed by atoms with Gasteiger partial charge in [0.25, 0.3) is 0 Å². The lowest BCUT2D eigenvalue weighted by Gasteiger charge is -2.08. The summed E-state index contributed by atoms with van der Waals surface area (Å²) in [7, 11) is 0. The molecule has 1 aromatic rings. The number of hydrogen-bond donors (Lipinski definition) is 1. The number of rotatable bonds is 4. The van der Waals surface area contributed by atoms with Crippen molar-refractivity contribution in [2.24, 2.45) is 0 Å². The minimum Gasteiger partial charge on any atom is -0.507 e. The molecule has 0 bridgehead atoms. The molecule has 14 heavy (non-hydrogen) atoms. The summed E-state index contributed by atoms with van der Waals surface area (Å²) in [6, 6.07) is 3.25. The van der Waals surface area contributed by atoms with Crippen LogP contribution in [-0.4, -0.2) is 11.4 Å². The largest absolute Gasteiger partial charge is 0.507 e. The second kappa shape index (κ2) is 5.51. The smallest absolute Gasteiger partial charge is 0.154 e. The molecular weight excluding hydrogens is 314 g/mol. The average molecular weight is 324 g/mol. The van der Waals surface area contributed by atoms with Crippen LogP contribution in [0.5, 0.6) is 11.5 Å². The van der Waals surface area contributed by atoms with Crippen molar-refractivity contribution in [1.29, 1.82) is 0 Å². The molecule has 0 amide bonds. The van der Waals surface area contributed by atoms with E-state index in [0.29, 0.717) is 30.5 Å². The molecule has 1 rings (SSSR count). The van der Waals surface area contributed by atoms with Gasteiger partial charge in [0, 0.05) is 6.07 Å². The molecule has 1 atom stereocenters. The molecule has 5 heteroatoms. The highest BCUT2D eigenvalue weighted by Crippen LogP contribution is 2.32. The number of carbonyl (C=O) groups is 1. The van der Waals surface area contributed by atoms with E-state index in [1.54, 1.807) is 6.07 Å². The first-order valence-corrected chi connectivity index (χ1v) is 8.08. The van der Waals surface area contributed by atoms with Gasteiger partial charge in [-0.25, -0.2) is 0 Å². The Kier molecular flexibility index (Phi) is 4.62. The Hall–Kier alpha value is -0.350. The quantitative estimate of drug-likeness (QED) is 0.526. The molecule has 0 aromatic heterocycles. The lowest BCUT2D eigenvalue weighted by Crippen LogP contribution is -1.92. The summed E-state index contributed by atoms with van der Waals surface area (Å²) >= 11 is 2.10. The average Bonchev–Trinajstić information content (AvgIpc) is 2.17. The molecule has 0 saturated heterocycles. The van der Waals surface area contributed by atoms with Crippen molar-refractivity contribution in [3.8, 4) is 11.5 Å². The fourth-order valence-electron chi connectivity index (χ4n) is 1.20. The van der Waals surface area contributed by atoms with Gasteiger partial charge in [-0.05, 0) is 40.1 Å². The van der Waals surface area contributed by atoms with Crippen LogP contribution in [-0.2, 0) is 6.42 Å². The highest BCUT2D eigenvalue weighted by molar-refractivity contribution is 14.2. The Labute approximate surface area is 97.2 Å². The molecule has 0 aliphatic rings. The van der Waals surface area contributed by atoms with Gasteiger partial charge in [-0.1, -0.05) is 6.92 Å². The summed E-state index contributed by atoms with van der Waals surface area (Å²) in [6.07, 6.45) is 1.37. The zero-order valence-electron chi connectivity index (χ0n) is 7.58. The number of aldehydes is 1. The number of phenols is 1. The maximum absolute atomic E-state index is 10.7. The van der Waals surface area contributed by atoms with Crippen LogP contribution < -0.4 is 4.52 Å². The third-order valence-electron chi connectivity index (χ3n) is 1.87. The third kappa shape index (κ3) is 2.58. The Morgan fingerprint density at radius 3 is 2.86 bits per heavy atom. The number of hydrogen-bond acceptors (Lipinski definition) is 3. The fraction of sp³-hybridized carbons (Fsp3) is 0.222. The number of benzene rings is 1. The van der Waals surface area contributed by atoms with Crippen molar-refractivity contribution in [1.82, 2.24) is 0 Å². The van der Waals surface area contributed by atoms with Crippen LogP contribution in [0.4, 0.5) is 0 Å². The summed E-state index contributed by atoms with van der Waals surface area (Å²) in [6.45, 7) is 2.23. The van der Waals surface area contributed by atoms with E-state index in [-0.39, 0.29) is 5.75 Å². The van der Waals surface area contributed by atoms with E-state index >= 15 is 0 Å². The summed E-state index contributed by atoms with van der Waals surface area (Å²) in [5, 5.41) is 9.52. The van der Waals surface area contributed by atoms with Crippen molar-refractivity contribution in [3.63, 3.8) is 0 Å². The SMILES string of the molecule is CCc1cc(OPI)cc(O)c1C=O. The molecule has 0 heterocycles. The number of aryl methyl sites for hydroxylation is 1. The predicted octanol–water partition coefficient (Wildman–Crippen LogP) is 3.09. The summed E-state index contributed by atoms with van der Waals surface area (Å²) in [5.74, 6) is 0.599. The Balaban J connectivity index is 3.16. The number of carbonyl (C=O) groups excluding carboxylic acids is 1. The highest BCUT2D eigenvalue weighted by Gasteiger charge is 2.08. The van der Waals surface area contributed by atoms with Crippen molar-refractivity contribution in [2.75, 3.05) is 0 Å². The third-order valence-corrected chi connectivity index (χ3v) is 2.85. The summed E-state index contributed by atoms with van der Waals surface area (Å²) in [5.41, 5.74) is 1.17. The van der Waals surface area contributed by atoms with Gasteiger partial charge in [-0.3, -0.25) is 4.79 Å². The standard InChI is InChI=1S/C9H10IO3P/c1-2-6-3-7(13-14-10)4-9(12)8(6)5-11/h3-5,12,14H,2H2,1H3. The van der Waals surface area contributed by atoms with E-state index in [1.807, 2.05) is 6.92 Å². The summed E-state index contributed by atoms with van der Waals surface area (Å²) < 4.78 is 5.27. The molecule has 1 N–H and O–H groups in total. The lowest BCUT2D eigenvalue weighted by atomic mass is 10.0. The monoisotopic (exact) mass is 324 g/mol. The number of halogens is 1. The minimum atomic E-state index is -0.0102. The Morgan fingerprint density at radius 1 is 1.64 bits per heavy atom. The second-order valence-electron chi connectivity index (χ2n) is 2.67. The molecule has 0 aliphatic carbocycles. The van der Waals surface area contributed by atoms with Crippen LogP contribution >= 0.6 is 28.5 Å². The van der Waals surface area contributed by atoms with E-state index < -0.39 is 0 Å². The normalized spacial score (nSPS) is 10.7. The van der Waals surface area contributed by atoms with Crippen molar-refractivity contribution in [3.05, 3.63) is 23.3 Å². The molecule has 1 aromatic carbocycles. The van der Waals surface area contributed by atoms with Gasteiger partial charge in [0.2, 0.25) is 0 Å². The number of aromatic hydroxyl groups is 1. The van der Waals surface area contributed by atoms with Gasteiger partial charge < -0.3 is 9.63 Å². The van der Waals surface area contributed by atoms with Crippen LogP contribution in [0.3, 0.4) is 0 Å². The topological polar surface area (TPSA) is 46.5 Å². The molecule has 1 unspecified atom stereocenters. The van der Waals surface area contributed by atoms with E-state index in [1.165, 1.54) is 6.07 Å². The van der Waals surface area contributed by atoms with E-state index in [9.17, 15) is 9.90 Å². The predicted molar refractivity (Wildman–Crippen MR) is 65.8 cm³/mol. The first-order chi connectivity index (χ1) is 6.72. The molecule has 0 saturated carbocycles. The molecular formula is C9H10IO3P. The van der Waals surface area contributed by atoms with Crippen LogP contribution in [0.1, 0.15) is 22.8 Å². The van der Waals surface area contributed by atoms with Crippen LogP contribution in [0, 0.1) is 0 Å². The maximum atomic E-state index is 10.7. The fourth-order valence-corrected chi connectivity index (χ4v) is 2.17. The zero-order chi connectivity index (χ0) is 10.6. The highest BCUT2D eigenvalue weighted by atomic mass is 127. The van der Waals surface area contributed by atoms with Gasteiger partial charge in [-0.2, -0.15) is 0 Å². The maximum Gasteiger partial charge on any atom is 0.154 e. The molecule has 3 nitrogen and oxygen atoms in total. The van der Waals surface area contributed by atoms with Gasteiger partial charge in [0.1, 0.15) is 17.9 Å². The Bertz CT molecular complexity index is 341. The van der Waals surface area contributed by atoms with Crippen LogP contribution in [0.15, 0.2) is 12.1 Å². The van der Waals surface area contributed by atoms with Crippen molar-refractivity contribution in [2.45, 2.75) is 13.3 Å². The van der Waals surface area contributed by atoms with Crippen molar-refractivity contribution < 1.29 is 14.4 Å². The molecule has 0 fully saturated rings. The van der Waals surface area contributed by atoms with Gasteiger partial charge in [0.15, 0.2) is 6.29 Å². The first-order valence-electron chi connectivity index (χ1n) is 4.06. The van der Waals surface area contributed by atoms with Crippen molar-refractivity contribution >= 4 is 34.8 Å². The zero-order valence-corrected chi connectivity index (χ0v) is 10.7. The van der Waals surface area contributed by atoms with E-state index in [0.717, 1.165) is 5.56 Å². The lowest BCUT2D eigenvalue weighted by molar-refractivity contribution is 0.112. The molecule has 0 spiro atoms. The minimum absolute atomic E-state index is 0.0102.